The van der Waals surface area contributed by atoms with E-state index in [1.165, 1.54) is 32.4 Å². The van der Waals surface area contributed by atoms with E-state index in [-0.39, 0.29) is 1.43 Å². The topological polar surface area (TPSA) is 12.0 Å². The van der Waals surface area contributed by atoms with E-state index in [9.17, 15) is 0 Å². The van der Waals surface area contributed by atoms with E-state index < -0.39 is 0 Å². The van der Waals surface area contributed by atoms with Gasteiger partial charge in [-0.1, -0.05) is 40.5 Å². The molecule has 1 rings (SSSR count). The monoisotopic (exact) mass is 159 g/mol. The predicted octanol–water partition coefficient (Wildman–Crippen LogP) is 3.06. The van der Waals surface area contributed by atoms with Crippen LogP contribution in [0.5, 0.6) is 0 Å². The fourth-order valence-corrected chi connectivity index (χ4v) is 1.33. The molecule has 1 heteroatoms. The Kier molecular flexibility index (Phi) is 5.57. The van der Waals surface area contributed by atoms with Crippen molar-refractivity contribution in [3.8, 4) is 0 Å². The molecule has 1 fully saturated rings. The molecule has 0 saturated carbocycles. The maximum Gasteiger partial charge on any atom is 0.00176 e. The molecule has 0 aliphatic carbocycles. The first-order valence-corrected chi connectivity index (χ1v) is 4.89. The number of nitrogens with one attached hydrogen (secondary N) is 1. The summed E-state index contributed by atoms with van der Waals surface area (Å²) in [6.45, 7) is 11.3. The molecule has 0 aromatic rings. The second kappa shape index (κ2) is 5.59. The van der Waals surface area contributed by atoms with Crippen LogP contribution in [0, 0.1) is 5.41 Å². The zero-order valence-corrected chi connectivity index (χ0v) is 8.54. The van der Waals surface area contributed by atoms with E-state index in [0.29, 0.717) is 5.41 Å². The van der Waals surface area contributed by atoms with Crippen LogP contribution < -0.4 is 5.32 Å². The standard InChI is InChI=1S/C7H15N.C3H8.H2/c1-3-4-7(2)5-8-6-7;1-3-2;/h8H,3-6H2,1-2H3;3H2,1-2H3;1H. The van der Waals surface area contributed by atoms with Gasteiger partial charge in [-0.05, 0) is 11.8 Å². The molecule has 0 unspecified atom stereocenters. The predicted molar refractivity (Wildman–Crippen MR) is 54.0 cm³/mol. The lowest BCUT2D eigenvalue weighted by Crippen LogP contribution is -2.51. The molecule has 0 aromatic heterocycles. The lowest BCUT2D eigenvalue weighted by molar-refractivity contribution is 0.178. The van der Waals surface area contributed by atoms with Crippen LogP contribution >= 0.6 is 0 Å². The van der Waals surface area contributed by atoms with E-state index in [4.69, 9.17) is 0 Å². The molecule has 0 spiro atoms. The number of hydrogen-bond donors (Lipinski definition) is 1. The zero-order chi connectivity index (χ0) is 8.74. The highest BCUT2D eigenvalue weighted by atomic mass is 15.0. The third-order valence-corrected chi connectivity index (χ3v) is 1.96. The minimum Gasteiger partial charge on any atom is -0.316 e. The van der Waals surface area contributed by atoms with Crippen molar-refractivity contribution in [1.29, 1.82) is 0 Å². The third kappa shape index (κ3) is 4.41. The van der Waals surface area contributed by atoms with E-state index in [1.54, 1.807) is 0 Å². The summed E-state index contributed by atoms with van der Waals surface area (Å²) in [6, 6.07) is 0. The van der Waals surface area contributed by atoms with Crippen molar-refractivity contribution in [3.05, 3.63) is 0 Å². The van der Waals surface area contributed by atoms with Gasteiger partial charge in [0.15, 0.2) is 0 Å². The van der Waals surface area contributed by atoms with E-state index >= 15 is 0 Å². The Labute approximate surface area is 73.1 Å². The molecule has 11 heavy (non-hydrogen) atoms. The second-order valence-corrected chi connectivity index (χ2v) is 3.87. The maximum atomic E-state index is 3.29. The van der Waals surface area contributed by atoms with Gasteiger partial charge in [0.05, 0.1) is 0 Å². The first-order valence-electron chi connectivity index (χ1n) is 4.89. The normalized spacial score (nSPS) is 19.6. The molecule has 0 atom stereocenters. The van der Waals surface area contributed by atoms with Gasteiger partial charge >= 0.3 is 0 Å². The molecule has 0 bridgehead atoms. The fourth-order valence-electron chi connectivity index (χ4n) is 1.33. The van der Waals surface area contributed by atoms with Gasteiger partial charge < -0.3 is 5.32 Å². The van der Waals surface area contributed by atoms with Gasteiger partial charge in [0, 0.05) is 14.5 Å². The lowest BCUT2D eigenvalue weighted by atomic mass is 9.80. The average Bonchev–Trinajstić information content (AvgIpc) is 1.87. The molecule has 1 saturated heterocycles. The molecule has 1 nitrogen and oxygen atoms in total. The van der Waals surface area contributed by atoms with Gasteiger partial charge in [-0.15, -0.1) is 0 Å². The summed E-state index contributed by atoms with van der Waals surface area (Å²) in [5, 5.41) is 3.29. The fraction of sp³-hybridized carbons (Fsp3) is 1.00. The van der Waals surface area contributed by atoms with Crippen LogP contribution in [0.25, 0.3) is 0 Å². The Bertz CT molecular complexity index is 89.8. The van der Waals surface area contributed by atoms with Crippen LogP contribution in [0.3, 0.4) is 0 Å². The van der Waals surface area contributed by atoms with Crippen LogP contribution in [0.2, 0.25) is 0 Å². The summed E-state index contributed by atoms with van der Waals surface area (Å²) in [6.07, 6.45) is 3.97. The third-order valence-electron chi connectivity index (χ3n) is 1.96. The Balaban J connectivity index is 0. The van der Waals surface area contributed by atoms with Crippen LogP contribution in [0.15, 0.2) is 0 Å². The molecule has 1 N–H and O–H groups in total. The Morgan fingerprint density at radius 2 is 1.73 bits per heavy atom. The van der Waals surface area contributed by atoms with Crippen LogP contribution in [-0.4, -0.2) is 13.1 Å². The summed E-state index contributed by atoms with van der Waals surface area (Å²) in [5.74, 6) is 0. The minimum absolute atomic E-state index is 0. The van der Waals surface area contributed by atoms with Crippen molar-refractivity contribution >= 4 is 0 Å². The average molecular weight is 159 g/mol. The second-order valence-electron chi connectivity index (χ2n) is 3.87. The summed E-state index contributed by atoms with van der Waals surface area (Å²) >= 11 is 0. The number of rotatable bonds is 2. The summed E-state index contributed by atoms with van der Waals surface area (Å²) in [5.41, 5.74) is 0.661. The molecule has 70 valence electrons. The van der Waals surface area contributed by atoms with Crippen LogP contribution in [0.4, 0.5) is 0 Å². The van der Waals surface area contributed by atoms with E-state index in [0.717, 1.165) is 0 Å². The Morgan fingerprint density at radius 1 is 1.27 bits per heavy atom. The molecule has 0 amide bonds. The van der Waals surface area contributed by atoms with Crippen molar-refractivity contribution in [3.63, 3.8) is 0 Å². The highest BCUT2D eigenvalue weighted by Gasteiger charge is 2.29. The van der Waals surface area contributed by atoms with E-state index in [2.05, 4.69) is 33.0 Å². The highest BCUT2D eigenvalue weighted by molar-refractivity contribution is 4.87. The van der Waals surface area contributed by atoms with Gasteiger partial charge in [-0.2, -0.15) is 0 Å². The van der Waals surface area contributed by atoms with Crippen molar-refractivity contribution in [1.82, 2.24) is 5.32 Å². The molecule has 1 aliphatic rings. The van der Waals surface area contributed by atoms with Gasteiger partial charge in [0.2, 0.25) is 0 Å². The molecule has 1 heterocycles. The Morgan fingerprint density at radius 3 is 1.82 bits per heavy atom. The Hall–Kier alpha value is -0.0400. The van der Waals surface area contributed by atoms with Gasteiger partial charge in [0.1, 0.15) is 0 Å². The van der Waals surface area contributed by atoms with Gasteiger partial charge in [-0.3, -0.25) is 0 Å². The lowest BCUT2D eigenvalue weighted by Gasteiger charge is -2.39. The molecule has 1 aliphatic heterocycles. The first kappa shape index (κ1) is 11.0. The van der Waals surface area contributed by atoms with Crippen LogP contribution in [-0.2, 0) is 0 Å². The van der Waals surface area contributed by atoms with Crippen molar-refractivity contribution in [2.45, 2.75) is 47.0 Å². The quantitative estimate of drug-likeness (QED) is 0.653. The molecule has 0 radical (unpaired) electrons. The first-order chi connectivity index (χ1) is 5.18. The summed E-state index contributed by atoms with van der Waals surface area (Å²) in [4.78, 5) is 0. The summed E-state index contributed by atoms with van der Waals surface area (Å²) < 4.78 is 0. The van der Waals surface area contributed by atoms with E-state index in [1.807, 2.05) is 0 Å². The number of hydrogen-bond acceptors (Lipinski definition) is 1. The summed E-state index contributed by atoms with van der Waals surface area (Å²) in [7, 11) is 0. The maximum absolute atomic E-state index is 3.29. The SMILES string of the molecule is CCC.CCCC1(C)CNC1.[HH]. The van der Waals surface area contributed by atoms with Gasteiger partial charge in [0.25, 0.3) is 0 Å². The van der Waals surface area contributed by atoms with Crippen molar-refractivity contribution in [2.75, 3.05) is 13.1 Å². The zero-order valence-electron chi connectivity index (χ0n) is 8.54. The molecular weight excluding hydrogens is 134 g/mol. The van der Waals surface area contributed by atoms with Crippen molar-refractivity contribution in [2.24, 2.45) is 5.41 Å². The smallest absolute Gasteiger partial charge is 0.00176 e. The van der Waals surface area contributed by atoms with Gasteiger partial charge in [-0.25, -0.2) is 0 Å². The van der Waals surface area contributed by atoms with Crippen molar-refractivity contribution < 1.29 is 1.43 Å². The minimum atomic E-state index is 0. The highest BCUT2D eigenvalue weighted by Crippen LogP contribution is 2.26. The molecular formula is C10H25N. The molecule has 0 aromatic carbocycles. The largest absolute Gasteiger partial charge is 0.316 e. The van der Waals surface area contributed by atoms with Crippen LogP contribution in [0.1, 0.15) is 48.4 Å².